The molecule has 0 N–H and O–H groups in total. The predicted octanol–water partition coefficient (Wildman–Crippen LogP) is 5.44. The van der Waals surface area contributed by atoms with E-state index >= 15 is 0 Å². The number of anilines is 2. The van der Waals surface area contributed by atoms with Gasteiger partial charge in [0.1, 0.15) is 11.2 Å². The zero-order valence-electron chi connectivity index (χ0n) is 17.9. The number of imide groups is 1. The van der Waals surface area contributed by atoms with Crippen LogP contribution < -0.4 is 14.7 Å². The lowest BCUT2D eigenvalue weighted by molar-refractivity contribution is -0.128. The molecule has 6 nitrogen and oxygen atoms in total. The number of hydrogen-bond donors (Lipinski definition) is 0. The molecule has 0 radical (unpaired) electrons. The van der Waals surface area contributed by atoms with Gasteiger partial charge in [0.25, 0.3) is 5.91 Å². The van der Waals surface area contributed by atoms with Gasteiger partial charge in [-0.25, -0.2) is 9.96 Å². The molecule has 168 valence electrons. The normalized spacial score (nSPS) is 24.4. The summed E-state index contributed by atoms with van der Waals surface area (Å²) in [6, 6.07) is 20.9. The second-order valence-electron chi connectivity index (χ2n) is 8.21. The third kappa shape index (κ3) is 3.37. The molecule has 2 heterocycles. The van der Waals surface area contributed by atoms with E-state index in [1.54, 1.807) is 37.3 Å². The lowest BCUT2D eigenvalue weighted by Gasteiger charge is -2.32. The van der Waals surface area contributed by atoms with Crippen molar-refractivity contribution < 1.29 is 19.2 Å². The monoisotopic (exact) mass is 482 g/mol. The smallest absolute Gasteiger partial charge is 0.266 e. The number of para-hydroxylation sites is 1. The van der Waals surface area contributed by atoms with Crippen LogP contribution in [-0.4, -0.2) is 25.0 Å². The van der Waals surface area contributed by atoms with Crippen molar-refractivity contribution in [3.8, 4) is 5.75 Å². The lowest BCUT2D eigenvalue weighted by atomic mass is 9.76. The molecule has 2 aliphatic rings. The fourth-order valence-electron chi connectivity index (χ4n) is 4.63. The largest absolute Gasteiger partial charge is 0.497 e. The van der Waals surface area contributed by atoms with E-state index in [4.69, 9.17) is 32.8 Å². The molecular weight excluding hydrogens is 463 g/mol. The molecule has 3 aromatic rings. The molecule has 2 fully saturated rings. The molecule has 0 bridgehead atoms. The molecule has 3 atom stereocenters. The minimum atomic E-state index is -1.20. The topological polar surface area (TPSA) is 59.1 Å². The molecule has 2 saturated heterocycles. The van der Waals surface area contributed by atoms with Crippen LogP contribution in [0.15, 0.2) is 72.8 Å². The van der Waals surface area contributed by atoms with E-state index in [0.29, 0.717) is 21.5 Å². The number of carbonyl (C=O) groups is 2. The van der Waals surface area contributed by atoms with Crippen LogP contribution in [0, 0.1) is 5.41 Å². The third-order valence-corrected chi connectivity index (χ3v) is 6.66. The van der Waals surface area contributed by atoms with Crippen molar-refractivity contribution in [2.75, 3.05) is 17.1 Å². The third-order valence-electron chi connectivity index (χ3n) is 6.22. The molecule has 0 unspecified atom stereocenters. The van der Waals surface area contributed by atoms with Gasteiger partial charge in [0.2, 0.25) is 5.91 Å². The Kier molecular flexibility index (Phi) is 5.32. The second kappa shape index (κ2) is 8.06. The summed E-state index contributed by atoms with van der Waals surface area (Å²) in [4.78, 5) is 34.8. The minimum Gasteiger partial charge on any atom is -0.497 e. The van der Waals surface area contributed by atoms with Crippen molar-refractivity contribution in [2.45, 2.75) is 19.1 Å². The van der Waals surface area contributed by atoms with Crippen molar-refractivity contribution in [3.05, 3.63) is 88.4 Å². The Hall–Kier alpha value is -3.06. The highest BCUT2D eigenvalue weighted by Crippen LogP contribution is 2.55. The first kappa shape index (κ1) is 21.8. The molecule has 2 aliphatic heterocycles. The molecule has 2 amide bonds. The molecule has 0 aliphatic carbocycles. The maximum Gasteiger partial charge on any atom is 0.266 e. The first-order valence-corrected chi connectivity index (χ1v) is 11.1. The maximum absolute atomic E-state index is 13.9. The number of rotatable bonds is 4. The van der Waals surface area contributed by atoms with Crippen molar-refractivity contribution in [3.63, 3.8) is 0 Å². The highest BCUT2D eigenvalue weighted by Gasteiger charge is 2.68. The summed E-state index contributed by atoms with van der Waals surface area (Å²) in [5.41, 5.74) is 0.682. The number of fused-ring (bicyclic) bond motifs is 1. The molecule has 0 spiro atoms. The molecule has 0 saturated carbocycles. The van der Waals surface area contributed by atoms with Gasteiger partial charge in [0, 0.05) is 10.0 Å². The summed E-state index contributed by atoms with van der Waals surface area (Å²) in [6.07, 6.45) is -1.02. The molecule has 8 heteroatoms. The van der Waals surface area contributed by atoms with Gasteiger partial charge in [-0.2, -0.15) is 0 Å². The van der Waals surface area contributed by atoms with Gasteiger partial charge in [-0.3, -0.25) is 14.4 Å². The average molecular weight is 483 g/mol. The number of halogens is 2. The van der Waals surface area contributed by atoms with Gasteiger partial charge in [0.05, 0.1) is 24.5 Å². The van der Waals surface area contributed by atoms with Crippen LogP contribution in [0.2, 0.25) is 10.0 Å². The Morgan fingerprint density at radius 2 is 1.55 bits per heavy atom. The van der Waals surface area contributed by atoms with Crippen LogP contribution in [0.4, 0.5) is 11.4 Å². The number of carbonyl (C=O) groups excluding carboxylic acids is 2. The lowest BCUT2D eigenvalue weighted by Crippen LogP contribution is -2.41. The Morgan fingerprint density at radius 3 is 2.15 bits per heavy atom. The zero-order valence-corrected chi connectivity index (χ0v) is 19.4. The van der Waals surface area contributed by atoms with E-state index in [1.165, 1.54) is 0 Å². The van der Waals surface area contributed by atoms with Gasteiger partial charge in [-0.1, -0.05) is 53.5 Å². The quantitative estimate of drug-likeness (QED) is 0.463. The Bertz CT molecular complexity index is 1210. The van der Waals surface area contributed by atoms with Crippen LogP contribution >= 0.6 is 23.2 Å². The highest BCUT2D eigenvalue weighted by molar-refractivity contribution is 6.36. The van der Waals surface area contributed by atoms with E-state index in [9.17, 15) is 9.59 Å². The van der Waals surface area contributed by atoms with Crippen LogP contribution in [0.25, 0.3) is 0 Å². The Balaban J connectivity index is 1.64. The van der Waals surface area contributed by atoms with E-state index < -0.39 is 23.5 Å². The standard InChI is InChI=1S/C25H20Cl2N2O4/c1-25-21(15-8-10-20(32-2)11-9-15)29(18-6-4-3-5-7-18)33-22(25)23(30)28(24(25)31)19-13-16(26)12-17(27)14-19/h3-14,21-22H,1-2H3/t21-,22-,25+/m1/s1. The van der Waals surface area contributed by atoms with E-state index in [0.717, 1.165) is 16.2 Å². The Morgan fingerprint density at radius 1 is 0.909 bits per heavy atom. The molecule has 33 heavy (non-hydrogen) atoms. The summed E-state index contributed by atoms with van der Waals surface area (Å²) in [7, 11) is 1.59. The maximum atomic E-state index is 13.9. The van der Waals surface area contributed by atoms with E-state index in [-0.39, 0.29) is 5.91 Å². The number of methoxy groups -OCH3 is 1. The molecular formula is C25H20Cl2N2O4. The zero-order chi connectivity index (χ0) is 23.3. The van der Waals surface area contributed by atoms with Gasteiger partial charge < -0.3 is 4.74 Å². The first-order chi connectivity index (χ1) is 15.8. The van der Waals surface area contributed by atoms with Crippen molar-refractivity contribution in [1.82, 2.24) is 0 Å². The van der Waals surface area contributed by atoms with Gasteiger partial charge in [-0.15, -0.1) is 0 Å². The average Bonchev–Trinajstić information content (AvgIpc) is 3.22. The fourth-order valence-corrected chi connectivity index (χ4v) is 5.14. The van der Waals surface area contributed by atoms with Crippen molar-refractivity contribution in [2.24, 2.45) is 5.41 Å². The first-order valence-electron chi connectivity index (χ1n) is 10.3. The van der Waals surface area contributed by atoms with Crippen molar-refractivity contribution >= 4 is 46.4 Å². The van der Waals surface area contributed by atoms with Gasteiger partial charge in [-0.05, 0) is 55.0 Å². The number of amides is 2. The molecule has 5 rings (SSSR count). The van der Waals surface area contributed by atoms with Crippen molar-refractivity contribution in [1.29, 1.82) is 0 Å². The number of nitrogens with zero attached hydrogens (tertiary/aromatic N) is 2. The van der Waals surface area contributed by atoms with Gasteiger partial charge >= 0.3 is 0 Å². The summed E-state index contributed by atoms with van der Waals surface area (Å²) in [5, 5.41) is 2.32. The van der Waals surface area contributed by atoms with E-state index in [2.05, 4.69) is 0 Å². The summed E-state index contributed by atoms with van der Waals surface area (Å²) in [5.74, 6) is -0.150. The number of ether oxygens (including phenoxy) is 1. The van der Waals surface area contributed by atoms with Crippen LogP contribution in [0.1, 0.15) is 18.5 Å². The van der Waals surface area contributed by atoms with Gasteiger partial charge in [0.15, 0.2) is 6.10 Å². The SMILES string of the molecule is COc1ccc([C@H]2N(c3ccccc3)O[C@@H]3C(=O)N(c4cc(Cl)cc(Cl)c4)C(=O)[C@]32C)cc1. The summed E-state index contributed by atoms with van der Waals surface area (Å²) >= 11 is 12.3. The minimum absolute atomic E-state index is 0.321. The van der Waals surface area contributed by atoms with Crippen LogP contribution in [-0.2, 0) is 14.4 Å². The second-order valence-corrected chi connectivity index (χ2v) is 9.08. The fraction of sp³-hybridized carbons (Fsp3) is 0.200. The number of hydrogen-bond acceptors (Lipinski definition) is 5. The molecule has 0 aromatic heterocycles. The van der Waals surface area contributed by atoms with E-state index in [1.807, 2.05) is 54.6 Å². The summed E-state index contributed by atoms with van der Waals surface area (Å²) < 4.78 is 5.29. The Labute approximate surface area is 201 Å². The highest BCUT2D eigenvalue weighted by atomic mass is 35.5. The van der Waals surface area contributed by atoms with Crippen LogP contribution in [0.3, 0.4) is 0 Å². The molecule has 3 aromatic carbocycles. The number of benzene rings is 3. The van der Waals surface area contributed by atoms with Crippen LogP contribution in [0.5, 0.6) is 5.75 Å². The number of hydroxylamine groups is 1. The summed E-state index contributed by atoms with van der Waals surface area (Å²) in [6.45, 7) is 1.77. The predicted molar refractivity (Wildman–Crippen MR) is 127 cm³/mol.